The number of amides is 1. The first-order valence-corrected chi connectivity index (χ1v) is 6.53. The molecule has 1 aliphatic heterocycles. The Morgan fingerprint density at radius 1 is 1.33 bits per heavy atom. The van der Waals surface area contributed by atoms with Gasteiger partial charge < -0.3 is 15.8 Å². The maximum Gasteiger partial charge on any atom is 0.230 e. The molecule has 0 bridgehead atoms. The van der Waals surface area contributed by atoms with Gasteiger partial charge in [-0.25, -0.2) is 4.98 Å². The summed E-state index contributed by atoms with van der Waals surface area (Å²) >= 11 is 0. The van der Waals surface area contributed by atoms with Crippen LogP contribution in [0.4, 0.5) is 5.69 Å². The van der Waals surface area contributed by atoms with Gasteiger partial charge in [-0.05, 0) is 42.3 Å². The molecule has 0 unspecified atom stereocenters. The van der Waals surface area contributed by atoms with E-state index < -0.39 is 0 Å². The molecule has 0 saturated carbocycles. The summed E-state index contributed by atoms with van der Waals surface area (Å²) in [5.41, 5.74) is 7.79. The molecule has 1 amide bonds. The zero-order valence-electron chi connectivity index (χ0n) is 11.2. The van der Waals surface area contributed by atoms with Crippen LogP contribution in [0.25, 0.3) is 0 Å². The number of carbonyl (C=O) groups is 1. The lowest BCUT2D eigenvalue weighted by Crippen LogP contribution is -2.18. The average molecular weight is 282 g/mol. The van der Waals surface area contributed by atoms with E-state index in [9.17, 15) is 4.79 Å². The van der Waals surface area contributed by atoms with Crippen molar-refractivity contribution in [3.63, 3.8) is 0 Å². The van der Waals surface area contributed by atoms with E-state index in [4.69, 9.17) is 15.9 Å². The Labute approximate surface area is 121 Å². The number of rotatable bonds is 3. The van der Waals surface area contributed by atoms with Crippen LogP contribution >= 0.6 is 0 Å². The van der Waals surface area contributed by atoms with Crippen LogP contribution < -0.4 is 15.8 Å². The largest absolute Gasteiger partial charge is 0.438 e. The number of nitrogens with one attached hydrogen (secondary N) is 2. The van der Waals surface area contributed by atoms with E-state index in [1.54, 1.807) is 30.5 Å². The Hall–Kier alpha value is -2.89. The zero-order valence-corrected chi connectivity index (χ0v) is 11.2. The van der Waals surface area contributed by atoms with Gasteiger partial charge in [0, 0.05) is 18.3 Å². The molecule has 0 saturated heterocycles. The molecule has 0 aliphatic carbocycles. The van der Waals surface area contributed by atoms with Crippen molar-refractivity contribution in [2.45, 2.75) is 12.8 Å². The first kappa shape index (κ1) is 13.1. The number of nitrogens with zero attached hydrogens (tertiary/aromatic N) is 1. The van der Waals surface area contributed by atoms with E-state index in [-0.39, 0.29) is 11.7 Å². The van der Waals surface area contributed by atoms with Gasteiger partial charge in [-0.15, -0.1) is 0 Å². The predicted molar refractivity (Wildman–Crippen MR) is 78.7 cm³/mol. The van der Waals surface area contributed by atoms with Gasteiger partial charge in [0.05, 0.1) is 5.56 Å². The normalized spacial score (nSPS) is 13.2. The van der Waals surface area contributed by atoms with Gasteiger partial charge in [0.2, 0.25) is 11.8 Å². The van der Waals surface area contributed by atoms with Gasteiger partial charge in [0.1, 0.15) is 11.6 Å². The van der Waals surface area contributed by atoms with Crippen molar-refractivity contribution >= 4 is 17.4 Å². The number of carbonyl (C=O) groups excluding carboxylic acids is 1. The minimum Gasteiger partial charge on any atom is -0.438 e. The molecule has 1 aromatic heterocycles. The molecule has 0 atom stereocenters. The van der Waals surface area contributed by atoms with E-state index in [1.807, 2.05) is 6.07 Å². The van der Waals surface area contributed by atoms with Gasteiger partial charge in [-0.3, -0.25) is 10.2 Å². The van der Waals surface area contributed by atoms with Crippen molar-refractivity contribution in [1.82, 2.24) is 4.98 Å². The lowest BCUT2D eigenvalue weighted by atomic mass is 10.0. The lowest BCUT2D eigenvalue weighted by Gasteiger charge is -2.17. The van der Waals surface area contributed by atoms with Crippen molar-refractivity contribution in [3.05, 3.63) is 47.7 Å². The molecule has 1 aliphatic rings. The summed E-state index contributed by atoms with van der Waals surface area (Å²) in [4.78, 5) is 15.4. The van der Waals surface area contributed by atoms with E-state index in [2.05, 4.69) is 10.3 Å². The number of benzene rings is 1. The highest BCUT2D eigenvalue weighted by atomic mass is 16.5. The number of hydrogen-bond acceptors (Lipinski definition) is 4. The smallest absolute Gasteiger partial charge is 0.230 e. The molecule has 1 aromatic carbocycles. The van der Waals surface area contributed by atoms with Gasteiger partial charge in [-0.1, -0.05) is 0 Å². The van der Waals surface area contributed by atoms with E-state index >= 15 is 0 Å². The number of ether oxygens (including phenoxy) is 1. The minimum atomic E-state index is -0.0941. The SMILES string of the molecule is N=C(N)c1cccnc1Oc1ccc2c(c1)CCC(=O)N2. The van der Waals surface area contributed by atoms with Crippen LogP contribution in [0.2, 0.25) is 0 Å². The van der Waals surface area contributed by atoms with Crippen molar-refractivity contribution in [3.8, 4) is 11.6 Å². The van der Waals surface area contributed by atoms with Crippen LogP contribution in [-0.4, -0.2) is 16.7 Å². The van der Waals surface area contributed by atoms with Crippen LogP contribution in [-0.2, 0) is 11.2 Å². The Morgan fingerprint density at radius 3 is 3.00 bits per heavy atom. The Morgan fingerprint density at radius 2 is 2.19 bits per heavy atom. The lowest BCUT2D eigenvalue weighted by molar-refractivity contribution is -0.116. The predicted octanol–water partition coefficient (Wildman–Crippen LogP) is 2.04. The molecule has 0 fully saturated rings. The number of aryl methyl sites for hydroxylation is 1. The number of nitrogen functional groups attached to an aromatic ring is 1. The van der Waals surface area contributed by atoms with Gasteiger partial charge in [0.25, 0.3) is 0 Å². The van der Waals surface area contributed by atoms with Crippen molar-refractivity contribution < 1.29 is 9.53 Å². The summed E-state index contributed by atoms with van der Waals surface area (Å²) in [5, 5.41) is 10.3. The van der Waals surface area contributed by atoms with Crippen LogP contribution in [0.3, 0.4) is 0 Å². The third-order valence-electron chi connectivity index (χ3n) is 3.25. The number of aromatic nitrogens is 1. The fraction of sp³-hybridized carbons (Fsp3) is 0.133. The average Bonchev–Trinajstić information content (AvgIpc) is 2.48. The molecular formula is C15H14N4O2. The van der Waals surface area contributed by atoms with Crippen molar-refractivity contribution in [1.29, 1.82) is 5.41 Å². The van der Waals surface area contributed by atoms with Crippen molar-refractivity contribution in [2.75, 3.05) is 5.32 Å². The highest BCUT2D eigenvalue weighted by molar-refractivity contribution is 5.97. The molecule has 0 spiro atoms. The molecule has 0 radical (unpaired) electrons. The monoisotopic (exact) mass is 282 g/mol. The second-order valence-electron chi connectivity index (χ2n) is 4.74. The number of fused-ring (bicyclic) bond motifs is 1. The third kappa shape index (κ3) is 2.69. The standard InChI is InChI=1S/C15H14N4O2/c16-14(17)11-2-1-7-18-15(11)21-10-4-5-12-9(8-10)3-6-13(20)19-12/h1-2,4-5,7-8H,3,6H2,(H3,16,17)(H,19,20). The maximum absolute atomic E-state index is 11.3. The molecule has 2 heterocycles. The fourth-order valence-electron chi connectivity index (χ4n) is 2.21. The van der Waals surface area contributed by atoms with E-state index in [0.717, 1.165) is 11.3 Å². The number of pyridine rings is 1. The maximum atomic E-state index is 11.3. The zero-order chi connectivity index (χ0) is 14.8. The Bertz CT molecular complexity index is 727. The molecular weight excluding hydrogens is 268 g/mol. The molecule has 106 valence electrons. The summed E-state index contributed by atoms with van der Waals surface area (Å²) in [6.45, 7) is 0. The summed E-state index contributed by atoms with van der Waals surface area (Å²) < 4.78 is 5.72. The fourth-order valence-corrected chi connectivity index (χ4v) is 2.21. The van der Waals surface area contributed by atoms with Crippen LogP contribution in [0.5, 0.6) is 11.6 Å². The van der Waals surface area contributed by atoms with Crippen LogP contribution in [0.15, 0.2) is 36.5 Å². The van der Waals surface area contributed by atoms with Gasteiger partial charge in [-0.2, -0.15) is 0 Å². The molecule has 2 aromatic rings. The molecule has 6 nitrogen and oxygen atoms in total. The van der Waals surface area contributed by atoms with Gasteiger partial charge >= 0.3 is 0 Å². The summed E-state index contributed by atoms with van der Waals surface area (Å²) in [7, 11) is 0. The first-order valence-electron chi connectivity index (χ1n) is 6.53. The second kappa shape index (κ2) is 5.24. The third-order valence-corrected chi connectivity index (χ3v) is 3.25. The van der Waals surface area contributed by atoms with E-state index in [0.29, 0.717) is 30.0 Å². The second-order valence-corrected chi connectivity index (χ2v) is 4.74. The molecule has 21 heavy (non-hydrogen) atoms. The number of nitrogens with two attached hydrogens (primary N) is 1. The Kier molecular flexibility index (Phi) is 3.27. The van der Waals surface area contributed by atoms with Crippen LogP contribution in [0, 0.1) is 5.41 Å². The highest BCUT2D eigenvalue weighted by Crippen LogP contribution is 2.29. The van der Waals surface area contributed by atoms with Gasteiger partial charge in [0.15, 0.2) is 0 Å². The van der Waals surface area contributed by atoms with Crippen molar-refractivity contribution in [2.24, 2.45) is 5.73 Å². The number of hydrogen-bond donors (Lipinski definition) is 3. The van der Waals surface area contributed by atoms with E-state index in [1.165, 1.54) is 0 Å². The summed E-state index contributed by atoms with van der Waals surface area (Å²) in [6.07, 6.45) is 2.74. The Balaban J connectivity index is 1.89. The summed E-state index contributed by atoms with van der Waals surface area (Å²) in [5.74, 6) is 0.832. The molecule has 4 N–H and O–H groups in total. The molecule has 3 rings (SSSR count). The number of amidine groups is 1. The highest BCUT2D eigenvalue weighted by Gasteiger charge is 2.16. The number of anilines is 1. The first-order chi connectivity index (χ1) is 10.1. The minimum absolute atomic E-state index is 0.0276. The quantitative estimate of drug-likeness (QED) is 0.592. The molecule has 6 heteroatoms. The van der Waals surface area contributed by atoms with Crippen LogP contribution in [0.1, 0.15) is 17.5 Å². The summed E-state index contributed by atoms with van der Waals surface area (Å²) in [6, 6.07) is 8.81. The topological polar surface area (TPSA) is 101 Å².